The second kappa shape index (κ2) is 6.68. The van der Waals surface area contributed by atoms with Crippen LogP contribution in [0.25, 0.3) is 22.6 Å². The average Bonchev–Trinajstić information content (AvgIpc) is 3.12. The van der Waals surface area contributed by atoms with Gasteiger partial charge in [-0.25, -0.2) is 4.98 Å². The molecule has 128 valence electrons. The van der Waals surface area contributed by atoms with Crippen molar-refractivity contribution in [2.45, 2.75) is 0 Å². The van der Waals surface area contributed by atoms with E-state index in [-0.39, 0.29) is 5.91 Å². The van der Waals surface area contributed by atoms with E-state index >= 15 is 0 Å². The molecule has 4 aromatic rings. The Morgan fingerprint density at radius 1 is 1.12 bits per heavy atom. The Labute approximate surface area is 149 Å². The minimum Gasteiger partial charge on any atom is -0.497 e. The third-order valence-electron chi connectivity index (χ3n) is 3.91. The molecular formula is C20H15N3O3. The van der Waals surface area contributed by atoms with E-state index in [2.05, 4.69) is 15.3 Å². The van der Waals surface area contributed by atoms with E-state index in [0.29, 0.717) is 22.7 Å². The number of rotatable bonds is 4. The maximum Gasteiger partial charge on any atom is 0.257 e. The SMILES string of the molecule is COc1ccc(-c2nc3ccc(NC(=O)c4cccnc4)cc3o2)cc1. The van der Waals surface area contributed by atoms with Crippen LogP contribution in [0.3, 0.4) is 0 Å². The summed E-state index contributed by atoms with van der Waals surface area (Å²) in [7, 11) is 1.62. The smallest absolute Gasteiger partial charge is 0.257 e. The van der Waals surface area contributed by atoms with Crippen LogP contribution in [0.15, 0.2) is 71.4 Å². The van der Waals surface area contributed by atoms with Crippen LogP contribution in [-0.2, 0) is 0 Å². The van der Waals surface area contributed by atoms with Gasteiger partial charge in [-0.05, 0) is 48.5 Å². The molecule has 1 N–H and O–H groups in total. The minimum atomic E-state index is -0.229. The molecule has 0 saturated carbocycles. The summed E-state index contributed by atoms with van der Waals surface area (Å²) in [5.41, 5.74) is 3.28. The molecule has 0 fully saturated rings. The summed E-state index contributed by atoms with van der Waals surface area (Å²) in [6, 6.07) is 16.2. The van der Waals surface area contributed by atoms with Crippen LogP contribution in [0.4, 0.5) is 5.69 Å². The fourth-order valence-electron chi connectivity index (χ4n) is 2.56. The molecule has 0 radical (unpaired) electrons. The Morgan fingerprint density at radius 2 is 1.96 bits per heavy atom. The Balaban J connectivity index is 1.60. The number of aromatic nitrogens is 2. The van der Waals surface area contributed by atoms with E-state index in [1.807, 2.05) is 30.3 Å². The molecule has 1 amide bonds. The zero-order chi connectivity index (χ0) is 17.9. The molecule has 2 aromatic carbocycles. The van der Waals surface area contributed by atoms with Gasteiger partial charge in [0.25, 0.3) is 5.91 Å². The summed E-state index contributed by atoms with van der Waals surface area (Å²) in [6.45, 7) is 0. The van der Waals surface area contributed by atoms with Crippen LogP contribution in [-0.4, -0.2) is 23.0 Å². The molecule has 6 heteroatoms. The highest BCUT2D eigenvalue weighted by molar-refractivity contribution is 6.04. The van der Waals surface area contributed by atoms with E-state index in [1.54, 1.807) is 37.6 Å². The fourth-order valence-corrected chi connectivity index (χ4v) is 2.56. The number of nitrogens with one attached hydrogen (secondary N) is 1. The van der Waals surface area contributed by atoms with Gasteiger partial charge in [-0.1, -0.05) is 0 Å². The van der Waals surface area contributed by atoms with Gasteiger partial charge < -0.3 is 14.5 Å². The molecule has 26 heavy (non-hydrogen) atoms. The molecular weight excluding hydrogens is 330 g/mol. The third kappa shape index (κ3) is 3.12. The van der Waals surface area contributed by atoms with Crippen LogP contribution < -0.4 is 10.1 Å². The number of fused-ring (bicyclic) bond motifs is 1. The van der Waals surface area contributed by atoms with Crippen molar-refractivity contribution < 1.29 is 13.9 Å². The topological polar surface area (TPSA) is 77.2 Å². The van der Waals surface area contributed by atoms with Gasteiger partial charge in [0.2, 0.25) is 5.89 Å². The summed E-state index contributed by atoms with van der Waals surface area (Å²) in [6.07, 6.45) is 3.14. The summed E-state index contributed by atoms with van der Waals surface area (Å²) >= 11 is 0. The van der Waals surface area contributed by atoms with Gasteiger partial charge in [0.05, 0.1) is 12.7 Å². The lowest BCUT2D eigenvalue weighted by atomic mass is 10.2. The second-order valence-electron chi connectivity index (χ2n) is 5.63. The normalized spacial score (nSPS) is 10.7. The van der Waals surface area contributed by atoms with Gasteiger partial charge in [0, 0.05) is 29.7 Å². The van der Waals surface area contributed by atoms with Crippen molar-refractivity contribution in [3.05, 3.63) is 72.6 Å². The molecule has 0 bridgehead atoms. The molecule has 0 unspecified atom stereocenters. The third-order valence-corrected chi connectivity index (χ3v) is 3.91. The van der Waals surface area contributed by atoms with Crippen LogP contribution in [0.1, 0.15) is 10.4 Å². The second-order valence-corrected chi connectivity index (χ2v) is 5.63. The molecule has 0 aliphatic rings. The van der Waals surface area contributed by atoms with Crippen molar-refractivity contribution in [3.8, 4) is 17.2 Å². The molecule has 2 heterocycles. The van der Waals surface area contributed by atoms with Gasteiger partial charge in [0.1, 0.15) is 11.3 Å². The Bertz CT molecular complexity index is 1060. The maximum atomic E-state index is 12.2. The zero-order valence-electron chi connectivity index (χ0n) is 14.0. The Morgan fingerprint density at radius 3 is 2.69 bits per heavy atom. The van der Waals surface area contributed by atoms with Gasteiger partial charge in [-0.3, -0.25) is 9.78 Å². The molecule has 0 aliphatic carbocycles. The van der Waals surface area contributed by atoms with E-state index in [0.717, 1.165) is 16.8 Å². The van der Waals surface area contributed by atoms with Crippen molar-refractivity contribution in [2.24, 2.45) is 0 Å². The van der Waals surface area contributed by atoms with Crippen molar-refractivity contribution in [2.75, 3.05) is 12.4 Å². The van der Waals surface area contributed by atoms with Crippen LogP contribution in [0.2, 0.25) is 0 Å². The minimum absolute atomic E-state index is 0.229. The van der Waals surface area contributed by atoms with Crippen LogP contribution >= 0.6 is 0 Å². The first-order valence-corrected chi connectivity index (χ1v) is 7.99. The van der Waals surface area contributed by atoms with Crippen molar-refractivity contribution in [1.29, 1.82) is 0 Å². The first-order valence-electron chi connectivity index (χ1n) is 7.99. The number of pyridine rings is 1. The molecule has 6 nitrogen and oxygen atoms in total. The van der Waals surface area contributed by atoms with Crippen LogP contribution in [0, 0.1) is 0 Å². The molecule has 0 aliphatic heterocycles. The lowest BCUT2D eigenvalue weighted by Crippen LogP contribution is -2.11. The number of ether oxygens (including phenoxy) is 1. The van der Waals surface area contributed by atoms with Crippen molar-refractivity contribution >= 4 is 22.7 Å². The number of nitrogens with zero attached hydrogens (tertiary/aromatic N) is 2. The average molecular weight is 345 g/mol. The van der Waals surface area contributed by atoms with Crippen molar-refractivity contribution in [1.82, 2.24) is 9.97 Å². The van der Waals surface area contributed by atoms with Gasteiger partial charge in [-0.15, -0.1) is 0 Å². The number of methoxy groups -OCH3 is 1. The number of carbonyl (C=O) groups excluding carboxylic acids is 1. The number of amides is 1. The van der Waals surface area contributed by atoms with Gasteiger partial charge in [0.15, 0.2) is 5.58 Å². The van der Waals surface area contributed by atoms with E-state index in [9.17, 15) is 4.79 Å². The highest BCUT2D eigenvalue weighted by atomic mass is 16.5. The Kier molecular flexibility index (Phi) is 4.07. The first kappa shape index (κ1) is 15.8. The predicted molar refractivity (Wildman–Crippen MR) is 98.2 cm³/mol. The highest BCUT2D eigenvalue weighted by Gasteiger charge is 2.11. The zero-order valence-corrected chi connectivity index (χ0v) is 14.0. The van der Waals surface area contributed by atoms with Crippen LogP contribution in [0.5, 0.6) is 5.75 Å². The largest absolute Gasteiger partial charge is 0.497 e. The fraction of sp³-hybridized carbons (Fsp3) is 0.0500. The number of anilines is 1. The number of benzene rings is 2. The van der Waals surface area contributed by atoms with E-state index < -0.39 is 0 Å². The summed E-state index contributed by atoms with van der Waals surface area (Å²) in [4.78, 5) is 20.7. The molecule has 0 saturated heterocycles. The van der Waals surface area contributed by atoms with Gasteiger partial charge in [-0.2, -0.15) is 0 Å². The van der Waals surface area contributed by atoms with E-state index in [4.69, 9.17) is 9.15 Å². The molecule has 4 rings (SSSR count). The lowest BCUT2D eigenvalue weighted by Gasteiger charge is -2.04. The first-order chi connectivity index (χ1) is 12.7. The predicted octanol–water partition coefficient (Wildman–Crippen LogP) is 4.15. The summed E-state index contributed by atoms with van der Waals surface area (Å²) in [5.74, 6) is 1.05. The Hall–Kier alpha value is -3.67. The highest BCUT2D eigenvalue weighted by Crippen LogP contribution is 2.27. The monoisotopic (exact) mass is 345 g/mol. The number of hydrogen-bond acceptors (Lipinski definition) is 5. The maximum absolute atomic E-state index is 12.2. The number of carbonyl (C=O) groups is 1. The molecule has 2 aromatic heterocycles. The van der Waals surface area contributed by atoms with Crippen molar-refractivity contribution in [3.63, 3.8) is 0 Å². The lowest BCUT2D eigenvalue weighted by molar-refractivity contribution is 0.102. The van der Waals surface area contributed by atoms with Gasteiger partial charge >= 0.3 is 0 Å². The summed E-state index contributed by atoms with van der Waals surface area (Å²) < 4.78 is 11.0. The standard InChI is InChI=1S/C20H15N3O3/c1-25-16-7-4-13(5-8-16)20-23-17-9-6-15(11-18(17)26-20)22-19(24)14-3-2-10-21-12-14/h2-12H,1H3,(H,22,24). The van der Waals surface area contributed by atoms with E-state index in [1.165, 1.54) is 6.20 Å². The molecule has 0 spiro atoms. The number of hydrogen-bond donors (Lipinski definition) is 1. The quantitative estimate of drug-likeness (QED) is 0.601. The number of oxazole rings is 1. The molecule has 0 atom stereocenters. The summed E-state index contributed by atoms with van der Waals surface area (Å²) in [5, 5.41) is 2.83.